The van der Waals surface area contributed by atoms with Crippen LogP contribution in [0, 0.1) is 0 Å². The van der Waals surface area contributed by atoms with Crippen molar-refractivity contribution in [3.8, 4) is 22.6 Å². The molecule has 0 radical (unpaired) electrons. The maximum Gasteiger partial charge on any atom is 0.222 e. The van der Waals surface area contributed by atoms with Crippen molar-refractivity contribution in [2.24, 2.45) is 5.73 Å². The molecule has 2 aromatic rings. The van der Waals surface area contributed by atoms with Gasteiger partial charge in [0.1, 0.15) is 6.61 Å². The van der Waals surface area contributed by atoms with Gasteiger partial charge in [-0.2, -0.15) is 0 Å². The molecule has 0 saturated carbocycles. The molecule has 1 heterocycles. The highest BCUT2D eigenvalue weighted by Gasteiger charge is 2.22. The molecule has 1 amide bonds. The van der Waals surface area contributed by atoms with E-state index in [0.717, 1.165) is 29.5 Å². The first-order valence-electron chi connectivity index (χ1n) is 8.81. The lowest BCUT2D eigenvalue weighted by Gasteiger charge is -2.20. The number of halogens is 2. The molecule has 0 aliphatic carbocycles. The van der Waals surface area contributed by atoms with E-state index in [-0.39, 0.29) is 24.1 Å². The van der Waals surface area contributed by atoms with Crippen molar-refractivity contribution in [3.05, 3.63) is 47.0 Å². The quantitative estimate of drug-likeness (QED) is 0.730. The standard InChI is InChI=1S/C20H23ClN2O3.ClH/c21-17-5-3-4-14(11-17)15-10-16-13-23(19(25)6-1-2-7-22)8-9-26-20(16)18(24)12-15;/h3-5,10-12,24H,1-2,6-9,13,22H2;1H. The number of nitrogens with zero attached hydrogens (tertiary/aromatic N) is 1. The Hall–Kier alpha value is -1.95. The summed E-state index contributed by atoms with van der Waals surface area (Å²) in [5.41, 5.74) is 8.04. The maximum atomic E-state index is 12.5. The number of ether oxygens (including phenoxy) is 1. The van der Waals surface area contributed by atoms with E-state index in [1.54, 1.807) is 17.0 Å². The average Bonchev–Trinajstić information content (AvgIpc) is 2.85. The molecule has 2 aromatic carbocycles. The van der Waals surface area contributed by atoms with Crippen molar-refractivity contribution in [1.29, 1.82) is 0 Å². The summed E-state index contributed by atoms with van der Waals surface area (Å²) in [5.74, 6) is 0.616. The monoisotopic (exact) mass is 410 g/mol. The molecule has 3 rings (SSSR count). The van der Waals surface area contributed by atoms with Crippen molar-refractivity contribution in [2.75, 3.05) is 19.7 Å². The van der Waals surface area contributed by atoms with Crippen LogP contribution in [0.5, 0.6) is 11.5 Å². The minimum absolute atomic E-state index is 0. The van der Waals surface area contributed by atoms with Gasteiger partial charge in [-0.15, -0.1) is 12.4 Å². The van der Waals surface area contributed by atoms with E-state index in [0.29, 0.717) is 43.4 Å². The molecule has 0 saturated heterocycles. The highest BCUT2D eigenvalue weighted by atomic mass is 35.5. The number of aromatic hydroxyl groups is 1. The molecule has 0 unspecified atom stereocenters. The van der Waals surface area contributed by atoms with Crippen LogP contribution in [-0.4, -0.2) is 35.6 Å². The minimum Gasteiger partial charge on any atom is -0.504 e. The van der Waals surface area contributed by atoms with E-state index < -0.39 is 0 Å². The number of benzene rings is 2. The third kappa shape index (κ3) is 5.28. The van der Waals surface area contributed by atoms with Gasteiger partial charge >= 0.3 is 0 Å². The van der Waals surface area contributed by atoms with Gasteiger partial charge in [0, 0.05) is 23.6 Å². The third-order valence-corrected chi connectivity index (χ3v) is 4.71. The Balaban J connectivity index is 0.00000261. The minimum atomic E-state index is 0. The first-order chi connectivity index (χ1) is 12.6. The summed E-state index contributed by atoms with van der Waals surface area (Å²) in [5, 5.41) is 11.0. The van der Waals surface area contributed by atoms with Crippen molar-refractivity contribution < 1.29 is 14.6 Å². The predicted octanol–water partition coefficient (Wildman–Crippen LogP) is 3.98. The molecular weight excluding hydrogens is 387 g/mol. The molecule has 0 spiro atoms. The van der Waals surface area contributed by atoms with Gasteiger partial charge in [0.15, 0.2) is 11.5 Å². The maximum absolute atomic E-state index is 12.5. The summed E-state index contributed by atoms with van der Waals surface area (Å²) in [7, 11) is 0. The molecular formula is C20H24Cl2N2O3. The Morgan fingerprint density at radius 1 is 1.22 bits per heavy atom. The number of hydrogen-bond acceptors (Lipinski definition) is 4. The van der Waals surface area contributed by atoms with Gasteiger partial charge in [-0.05, 0) is 54.8 Å². The highest BCUT2D eigenvalue weighted by Crippen LogP contribution is 2.38. The Bertz CT molecular complexity index is 799. The SMILES string of the molecule is Cl.NCCCCC(=O)N1CCOc2c(O)cc(-c3cccc(Cl)c3)cc2C1. The summed E-state index contributed by atoms with van der Waals surface area (Å²) in [4.78, 5) is 14.3. The normalized spacial score (nSPS) is 13.2. The average molecular weight is 411 g/mol. The van der Waals surface area contributed by atoms with Crippen LogP contribution in [-0.2, 0) is 11.3 Å². The first kappa shape index (κ1) is 21.4. The Morgan fingerprint density at radius 2 is 2.04 bits per heavy atom. The van der Waals surface area contributed by atoms with Gasteiger partial charge in [0.25, 0.3) is 0 Å². The van der Waals surface area contributed by atoms with Crippen molar-refractivity contribution >= 4 is 29.9 Å². The number of hydrogen-bond donors (Lipinski definition) is 2. The summed E-state index contributed by atoms with van der Waals surface area (Å²) in [6.07, 6.45) is 2.10. The summed E-state index contributed by atoms with van der Waals surface area (Å²) in [6.45, 7) is 1.87. The highest BCUT2D eigenvalue weighted by molar-refractivity contribution is 6.30. The number of carbonyl (C=O) groups is 1. The smallest absolute Gasteiger partial charge is 0.222 e. The number of fused-ring (bicyclic) bond motifs is 1. The fourth-order valence-electron chi connectivity index (χ4n) is 3.13. The van der Waals surface area contributed by atoms with Crippen LogP contribution in [0.2, 0.25) is 5.02 Å². The number of carbonyl (C=O) groups excluding carboxylic acids is 1. The van der Waals surface area contributed by atoms with Crippen LogP contribution >= 0.6 is 24.0 Å². The van der Waals surface area contributed by atoms with E-state index in [4.69, 9.17) is 22.1 Å². The second kappa shape index (κ2) is 9.83. The lowest BCUT2D eigenvalue weighted by atomic mass is 10.0. The molecule has 0 atom stereocenters. The van der Waals surface area contributed by atoms with Crippen LogP contribution in [0.1, 0.15) is 24.8 Å². The van der Waals surface area contributed by atoms with Crippen molar-refractivity contribution in [3.63, 3.8) is 0 Å². The topological polar surface area (TPSA) is 75.8 Å². The molecule has 0 fully saturated rings. The molecule has 3 N–H and O–H groups in total. The number of rotatable bonds is 5. The number of phenolic OH excluding ortho intramolecular Hbond substituents is 1. The van der Waals surface area contributed by atoms with Gasteiger partial charge in [0.05, 0.1) is 6.54 Å². The van der Waals surface area contributed by atoms with E-state index in [2.05, 4.69) is 0 Å². The number of nitrogens with two attached hydrogens (primary N) is 1. The zero-order valence-corrected chi connectivity index (χ0v) is 16.6. The van der Waals surface area contributed by atoms with Crippen LogP contribution < -0.4 is 10.5 Å². The predicted molar refractivity (Wildman–Crippen MR) is 110 cm³/mol. The van der Waals surface area contributed by atoms with Gasteiger partial charge in [-0.3, -0.25) is 4.79 Å². The lowest BCUT2D eigenvalue weighted by molar-refractivity contribution is -0.132. The van der Waals surface area contributed by atoms with Crippen molar-refractivity contribution in [1.82, 2.24) is 4.90 Å². The van der Waals surface area contributed by atoms with Gasteiger partial charge in [-0.1, -0.05) is 23.7 Å². The Morgan fingerprint density at radius 3 is 2.78 bits per heavy atom. The van der Waals surface area contributed by atoms with E-state index in [1.807, 2.05) is 24.3 Å². The van der Waals surface area contributed by atoms with E-state index >= 15 is 0 Å². The second-order valence-corrected chi connectivity index (χ2v) is 6.84. The largest absolute Gasteiger partial charge is 0.504 e. The van der Waals surface area contributed by atoms with Crippen molar-refractivity contribution in [2.45, 2.75) is 25.8 Å². The fraction of sp³-hybridized carbons (Fsp3) is 0.350. The molecule has 0 bridgehead atoms. The molecule has 1 aliphatic heterocycles. The van der Waals surface area contributed by atoms with E-state index in [1.165, 1.54) is 0 Å². The molecule has 146 valence electrons. The Kier molecular flexibility index (Phi) is 7.78. The summed E-state index contributed by atoms with van der Waals surface area (Å²) >= 11 is 6.08. The van der Waals surface area contributed by atoms with Crippen LogP contribution in [0.15, 0.2) is 36.4 Å². The molecule has 1 aliphatic rings. The number of amides is 1. The third-order valence-electron chi connectivity index (χ3n) is 4.47. The van der Waals surface area contributed by atoms with E-state index in [9.17, 15) is 9.90 Å². The lowest BCUT2D eigenvalue weighted by Crippen LogP contribution is -2.32. The molecule has 5 nitrogen and oxygen atoms in total. The summed E-state index contributed by atoms with van der Waals surface area (Å²) in [6, 6.07) is 11.1. The van der Waals surface area contributed by atoms with Crippen LogP contribution in [0.25, 0.3) is 11.1 Å². The number of phenols is 1. The van der Waals surface area contributed by atoms with Crippen LogP contribution in [0.3, 0.4) is 0 Å². The second-order valence-electron chi connectivity index (χ2n) is 6.40. The van der Waals surface area contributed by atoms with Gasteiger partial charge in [0.2, 0.25) is 5.91 Å². The van der Waals surface area contributed by atoms with Gasteiger partial charge < -0.3 is 20.5 Å². The zero-order chi connectivity index (χ0) is 18.5. The Labute approximate surface area is 170 Å². The number of unbranched alkanes of at least 4 members (excludes halogenated alkanes) is 1. The summed E-state index contributed by atoms with van der Waals surface area (Å²) < 4.78 is 5.71. The van der Waals surface area contributed by atoms with Gasteiger partial charge in [-0.25, -0.2) is 0 Å². The fourth-order valence-corrected chi connectivity index (χ4v) is 3.32. The molecule has 27 heavy (non-hydrogen) atoms. The zero-order valence-electron chi connectivity index (χ0n) is 15.0. The molecule has 7 heteroatoms. The first-order valence-corrected chi connectivity index (χ1v) is 9.18. The molecule has 0 aromatic heterocycles. The van der Waals surface area contributed by atoms with Crippen LogP contribution in [0.4, 0.5) is 0 Å².